The topological polar surface area (TPSA) is 9.23 Å². The van der Waals surface area contributed by atoms with Crippen molar-refractivity contribution >= 4 is 11.3 Å². The first kappa shape index (κ1) is 8.73. The molecule has 0 spiro atoms. The Bertz CT molecular complexity index is 313. The van der Waals surface area contributed by atoms with Crippen molar-refractivity contribution in [3.63, 3.8) is 0 Å². The fourth-order valence-corrected chi connectivity index (χ4v) is 2.43. The van der Waals surface area contributed by atoms with E-state index in [1.807, 2.05) is 12.1 Å². The smallest absolute Gasteiger partial charge is 0.102 e. The number of rotatable bonds is 2. The van der Waals surface area contributed by atoms with Crippen LogP contribution in [0.15, 0.2) is 42.3 Å². The molecule has 0 unspecified atom stereocenters. The van der Waals surface area contributed by atoms with E-state index in [-0.39, 0.29) is 6.10 Å². The number of thiophene rings is 1. The number of ether oxygens (including phenoxy) is 1. The van der Waals surface area contributed by atoms with Crippen molar-refractivity contribution in [2.24, 2.45) is 5.92 Å². The quantitative estimate of drug-likeness (QED) is 0.654. The summed E-state index contributed by atoms with van der Waals surface area (Å²) in [7, 11) is 0. The SMILES string of the molecule is C=C[C@H]1C(=C)CO[C@@H]1c1cccs1. The summed E-state index contributed by atoms with van der Waals surface area (Å²) in [6.45, 7) is 8.46. The standard InChI is InChI=1S/C11H12OS/c1-3-9-8(2)7-12-11(9)10-5-4-6-13-10/h3-6,9,11H,1-2,7H2/t9-,11-/m0/s1. The second-order valence-corrected chi connectivity index (χ2v) is 4.15. The summed E-state index contributed by atoms with van der Waals surface area (Å²) in [5, 5.41) is 2.07. The van der Waals surface area contributed by atoms with Crippen LogP contribution in [0.25, 0.3) is 0 Å². The molecule has 2 heteroatoms. The van der Waals surface area contributed by atoms with Gasteiger partial charge < -0.3 is 4.74 Å². The summed E-state index contributed by atoms with van der Waals surface area (Å²) < 4.78 is 5.65. The van der Waals surface area contributed by atoms with Gasteiger partial charge in [0.15, 0.2) is 0 Å². The molecule has 2 heterocycles. The second-order valence-electron chi connectivity index (χ2n) is 3.17. The van der Waals surface area contributed by atoms with Gasteiger partial charge in [-0.25, -0.2) is 0 Å². The minimum atomic E-state index is 0.157. The Kier molecular flexibility index (Phi) is 2.34. The van der Waals surface area contributed by atoms with Crippen molar-refractivity contribution < 1.29 is 4.74 Å². The maximum Gasteiger partial charge on any atom is 0.102 e. The normalized spacial score (nSPS) is 27.8. The molecule has 1 nitrogen and oxygen atoms in total. The van der Waals surface area contributed by atoms with E-state index in [0.29, 0.717) is 12.5 Å². The third-order valence-electron chi connectivity index (χ3n) is 2.32. The second kappa shape index (κ2) is 3.48. The van der Waals surface area contributed by atoms with E-state index >= 15 is 0 Å². The first-order chi connectivity index (χ1) is 6.33. The lowest BCUT2D eigenvalue weighted by atomic mass is 9.97. The zero-order chi connectivity index (χ0) is 9.26. The highest BCUT2D eigenvalue weighted by Crippen LogP contribution is 2.39. The molecule has 1 aliphatic rings. The molecule has 0 aliphatic carbocycles. The van der Waals surface area contributed by atoms with Gasteiger partial charge in [0.2, 0.25) is 0 Å². The van der Waals surface area contributed by atoms with E-state index in [1.165, 1.54) is 4.88 Å². The van der Waals surface area contributed by atoms with Crippen LogP contribution in [0.3, 0.4) is 0 Å². The van der Waals surface area contributed by atoms with Crippen LogP contribution in [0.4, 0.5) is 0 Å². The highest BCUT2D eigenvalue weighted by molar-refractivity contribution is 7.10. The Balaban J connectivity index is 2.25. The Hall–Kier alpha value is -0.860. The first-order valence-electron chi connectivity index (χ1n) is 4.28. The molecule has 0 saturated carbocycles. The van der Waals surface area contributed by atoms with Crippen LogP contribution >= 0.6 is 11.3 Å². The molecular weight excluding hydrogens is 180 g/mol. The van der Waals surface area contributed by atoms with Gasteiger partial charge in [0.1, 0.15) is 6.10 Å². The van der Waals surface area contributed by atoms with E-state index < -0.39 is 0 Å². The molecule has 0 N–H and O–H groups in total. The minimum Gasteiger partial charge on any atom is -0.367 e. The number of hydrogen-bond acceptors (Lipinski definition) is 2. The van der Waals surface area contributed by atoms with Crippen molar-refractivity contribution in [3.05, 3.63) is 47.2 Å². The van der Waals surface area contributed by atoms with E-state index in [1.54, 1.807) is 11.3 Å². The van der Waals surface area contributed by atoms with Crippen molar-refractivity contribution in [1.82, 2.24) is 0 Å². The number of hydrogen-bond donors (Lipinski definition) is 0. The van der Waals surface area contributed by atoms with Crippen LogP contribution in [0.1, 0.15) is 11.0 Å². The summed E-state index contributed by atoms with van der Waals surface area (Å²) in [6.07, 6.45) is 2.09. The summed E-state index contributed by atoms with van der Waals surface area (Å²) in [5.41, 5.74) is 1.13. The van der Waals surface area contributed by atoms with Crippen molar-refractivity contribution in [2.45, 2.75) is 6.10 Å². The van der Waals surface area contributed by atoms with Gasteiger partial charge in [0, 0.05) is 10.8 Å². The molecular formula is C11H12OS. The lowest BCUT2D eigenvalue weighted by molar-refractivity contribution is 0.103. The van der Waals surface area contributed by atoms with Crippen LogP contribution in [0.5, 0.6) is 0 Å². The van der Waals surface area contributed by atoms with Crippen molar-refractivity contribution in [1.29, 1.82) is 0 Å². The fraction of sp³-hybridized carbons (Fsp3) is 0.273. The summed E-state index contributed by atoms with van der Waals surface area (Å²) in [6, 6.07) is 4.15. The van der Waals surface area contributed by atoms with Gasteiger partial charge in [-0.1, -0.05) is 18.7 Å². The van der Waals surface area contributed by atoms with Crippen LogP contribution in [0.2, 0.25) is 0 Å². The average molecular weight is 192 g/mol. The summed E-state index contributed by atoms with van der Waals surface area (Å²) in [5.74, 6) is 0.290. The van der Waals surface area contributed by atoms with E-state index in [0.717, 1.165) is 5.57 Å². The maximum absolute atomic E-state index is 5.65. The Morgan fingerprint density at radius 2 is 2.46 bits per heavy atom. The zero-order valence-corrected chi connectivity index (χ0v) is 8.22. The van der Waals surface area contributed by atoms with E-state index in [9.17, 15) is 0 Å². The predicted octanol–water partition coefficient (Wildman–Crippen LogP) is 3.18. The van der Waals surface area contributed by atoms with Gasteiger partial charge in [-0.15, -0.1) is 17.9 Å². The third-order valence-corrected chi connectivity index (χ3v) is 3.26. The lowest BCUT2D eigenvalue weighted by Crippen LogP contribution is -2.03. The van der Waals surface area contributed by atoms with Crippen LogP contribution < -0.4 is 0 Å². The Labute approximate surface area is 82.4 Å². The highest BCUT2D eigenvalue weighted by Gasteiger charge is 2.30. The molecule has 68 valence electrons. The molecule has 0 amide bonds. The fourth-order valence-electron chi connectivity index (χ4n) is 1.61. The van der Waals surface area contributed by atoms with Gasteiger partial charge in [0.25, 0.3) is 0 Å². The molecule has 1 aliphatic heterocycles. The van der Waals surface area contributed by atoms with Gasteiger partial charge >= 0.3 is 0 Å². The Morgan fingerprint density at radius 1 is 1.62 bits per heavy atom. The van der Waals surface area contributed by atoms with Gasteiger partial charge in [-0.3, -0.25) is 0 Å². The lowest BCUT2D eigenvalue weighted by Gasteiger charge is -2.12. The predicted molar refractivity (Wildman–Crippen MR) is 55.8 cm³/mol. The third kappa shape index (κ3) is 1.47. The van der Waals surface area contributed by atoms with Crippen molar-refractivity contribution in [2.75, 3.05) is 6.61 Å². The summed E-state index contributed by atoms with van der Waals surface area (Å²) in [4.78, 5) is 1.27. The first-order valence-corrected chi connectivity index (χ1v) is 5.16. The molecule has 13 heavy (non-hydrogen) atoms. The maximum atomic E-state index is 5.65. The Morgan fingerprint density at radius 3 is 3.08 bits per heavy atom. The average Bonchev–Trinajstić information content (AvgIpc) is 2.71. The summed E-state index contributed by atoms with van der Waals surface area (Å²) >= 11 is 1.73. The van der Waals surface area contributed by atoms with Gasteiger partial charge in [0.05, 0.1) is 6.61 Å². The molecule has 0 bridgehead atoms. The van der Waals surface area contributed by atoms with Crippen LogP contribution in [0, 0.1) is 5.92 Å². The zero-order valence-electron chi connectivity index (χ0n) is 7.40. The molecule has 1 aromatic heterocycles. The molecule has 0 radical (unpaired) electrons. The molecule has 0 aromatic carbocycles. The van der Waals surface area contributed by atoms with Crippen molar-refractivity contribution in [3.8, 4) is 0 Å². The van der Waals surface area contributed by atoms with Crippen LogP contribution in [-0.2, 0) is 4.74 Å². The molecule has 1 saturated heterocycles. The minimum absolute atomic E-state index is 0.157. The molecule has 2 rings (SSSR count). The largest absolute Gasteiger partial charge is 0.367 e. The monoisotopic (exact) mass is 192 g/mol. The van der Waals surface area contributed by atoms with Gasteiger partial charge in [-0.2, -0.15) is 0 Å². The highest BCUT2D eigenvalue weighted by atomic mass is 32.1. The molecule has 1 fully saturated rings. The van der Waals surface area contributed by atoms with E-state index in [2.05, 4.69) is 24.6 Å². The molecule has 2 atom stereocenters. The molecule has 1 aromatic rings. The van der Waals surface area contributed by atoms with Crippen LogP contribution in [-0.4, -0.2) is 6.61 Å². The van der Waals surface area contributed by atoms with Gasteiger partial charge in [-0.05, 0) is 17.0 Å². The van der Waals surface area contributed by atoms with E-state index in [4.69, 9.17) is 4.74 Å².